The topological polar surface area (TPSA) is 118 Å². The number of hydrogen-bond acceptors (Lipinski definition) is 5. The molecule has 0 radical (unpaired) electrons. The third kappa shape index (κ3) is 5.09. The summed E-state index contributed by atoms with van der Waals surface area (Å²) < 4.78 is 23.2. The third-order valence-corrected chi connectivity index (χ3v) is 5.21. The molecule has 2 unspecified atom stereocenters. The van der Waals surface area contributed by atoms with Gasteiger partial charge in [0.05, 0.1) is 24.0 Å². The van der Waals surface area contributed by atoms with Crippen LogP contribution in [0.4, 0.5) is 0 Å². The molecule has 0 saturated carbocycles. The number of carboxylic acid groups (broad SMARTS) is 1. The third-order valence-electron chi connectivity index (χ3n) is 3.51. The largest absolute Gasteiger partial charge is 0.481 e. The minimum atomic E-state index is -3.26. The van der Waals surface area contributed by atoms with Gasteiger partial charge in [0.1, 0.15) is 0 Å². The summed E-state index contributed by atoms with van der Waals surface area (Å²) >= 11 is 0. The number of hydrogen-bond donors (Lipinski definition) is 2. The molecule has 1 aliphatic heterocycles. The van der Waals surface area contributed by atoms with E-state index in [-0.39, 0.29) is 42.7 Å². The summed E-state index contributed by atoms with van der Waals surface area (Å²) in [5.41, 5.74) is 5.48. The Labute approximate surface area is 119 Å². The van der Waals surface area contributed by atoms with Gasteiger partial charge in [0.25, 0.3) is 0 Å². The molecule has 1 saturated heterocycles. The highest BCUT2D eigenvalue weighted by atomic mass is 32.2. The zero-order valence-electron chi connectivity index (χ0n) is 11.6. The smallest absolute Gasteiger partial charge is 0.305 e. The Hall–Kier alpha value is -1.15. The zero-order valence-corrected chi connectivity index (χ0v) is 12.4. The van der Waals surface area contributed by atoms with Crippen LogP contribution < -0.4 is 5.73 Å². The van der Waals surface area contributed by atoms with Crippen molar-refractivity contribution in [3.8, 4) is 0 Å². The molecule has 0 aliphatic carbocycles. The molecule has 2 atom stereocenters. The molecule has 20 heavy (non-hydrogen) atoms. The van der Waals surface area contributed by atoms with Gasteiger partial charge in [-0.3, -0.25) is 9.59 Å². The monoisotopic (exact) mass is 306 g/mol. The first-order valence-electron chi connectivity index (χ1n) is 6.67. The van der Waals surface area contributed by atoms with Crippen LogP contribution in [0.15, 0.2) is 0 Å². The van der Waals surface area contributed by atoms with Gasteiger partial charge in [-0.25, -0.2) is 8.42 Å². The van der Waals surface area contributed by atoms with E-state index in [2.05, 4.69) is 0 Å². The predicted molar refractivity (Wildman–Crippen MR) is 73.9 cm³/mol. The van der Waals surface area contributed by atoms with Crippen LogP contribution in [-0.2, 0) is 19.4 Å². The second-order valence-electron chi connectivity index (χ2n) is 5.33. The Morgan fingerprint density at radius 2 is 2.10 bits per heavy atom. The summed E-state index contributed by atoms with van der Waals surface area (Å²) in [7, 11) is -3.26. The van der Waals surface area contributed by atoms with Gasteiger partial charge in [-0.05, 0) is 18.9 Å². The molecular weight excluding hydrogens is 284 g/mol. The van der Waals surface area contributed by atoms with E-state index < -0.39 is 21.8 Å². The number of carboxylic acids is 1. The van der Waals surface area contributed by atoms with E-state index in [4.69, 9.17) is 10.8 Å². The molecule has 1 aliphatic rings. The summed E-state index contributed by atoms with van der Waals surface area (Å²) in [6.07, 6.45) is 0.560. The maximum Gasteiger partial charge on any atom is 0.305 e. The zero-order chi connectivity index (χ0) is 15.3. The van der Waals surface area contributed by atoms with Gasteiger partial charge in [-0.1, -0.05) is 6.92 Å². The average molecular weight is 306 g/mol. The van der Waals surface area contributed by atoms with E-state index in [0.717, 1.165) is 0 Å². The Bertz CT molecular complexity index is 462. The fourth-order valence-electron chi connectivity index (χ4n) is 2.22. The Balaban J connectivity index is 2.69. The molecule has 116 valence electrons. The van der Waals surface area contributed by atoms with E-state index in [9.17, 15) is 18.0 Å². The molecule has 0 aromatic heterocycles. The number of carbonyl (C=O) groups excluding carboxylic acids is 1. The number of sulfone groups is 1. The van der Waals surface area contributed by atoms with Crippen LogP contribution in [-0.4, -0.2) is 60.9 Å². The van der Waals surface area contributed by atoms with Crippen molar-refractivity contribution in [1.29, 1.82) is 0 Å². The van der Waals surface area contributed by atoms with Gasteiger partial charge >= 0.3 is 5.97 Å². The fraction of sp³-hybridized carbons (Fsp3) is 0.833. The maximum atomic E-state index is 12.1. The van der Waals surface area contributed by atoms with Gasteiger partial charge in [-0.15, -0.1) is 0 Å². The molecule has 0 spiro atoms. The summed E-state index contributed by atoms with van der Waals surface area (Å²) in [5, 5.41) is 8.84. The number of amides is 1. The van der Waals surface area contributed by atoms with Crippen molar-refractivity contribution < 1.29 is 23.1 Å². The van der Waals surface area contributed by atoms with Crippen molar-refractivity contribution in [3.63, 3.8) is 0 Å². The van der Waals surface area contributed by atoms with Crippen molar-refractivity contribution in [2.45, 2.75) is 32.2 Å². The van der Waals surface area contributed by atoms with E-state index in [1.54, 1.807) is 0 Å². The molecule has 1 fully saturated rings. The Morgan fingerprint density at radius 1 is 1.45 bits per heavy atom. The SMILES string of the molecule is CC(CN)CCC(=O)N1CCS(=O)(=O)CC1CC(=O)O. The normalized spacial score (nSPS) is 23.3. The van der Waals surface area contributed by atoms with Crippen molar-refractivity contribution in [1.82, 2.24) is 4.90 Å². The molecule has 3 N–H and O–H groups in total. The van der Waals surface area contributed by atoms with Crippen LogP contribution in [0, 0.1) is 5.92 Å². The Kier molecular flexibility index (Phi) is 5.94. The number of carbonyl (C=O) groups is 2. The molecular formula is C12H22N2O5S. The van der Waals surface area contributed by atoms with Crippen LogP contribution in [0.3, 0.4) is 0 Å². The summed E-state index contributed by atoms with van der Waals surface area (Å²) in [6.45, 7) is 2.50. The predicted octanol–water partition coefficient (Wildman–Crippen LogP) is -0.538. The Morgan fingerprint density at radius 3 is 2.65 bits per heavy atom. The molecule has 1 heterocycles. The molecule has 8 heteroatoms. The maximum absolute atomic E-state index is 12.1. The first kappa shape index (κ1) is 16.9. The first-order valence-corrected chi connectivity index (χ1v) is 8.49. The lowest BCUT2D eigenvalue weighted by molar-refractivity contribution is -0.140. The highest BCUT2D eigenvalue weighted by Crippen LogP contribution is 2.17. The van der Waals surface area contributed by atoms with Gasteiger partial charge in [0.2, 0.25) is 5.91 Å². The van der Waals surface area contributed by atoms with Gasteiger partial charge in [-0.2, -0.15) is 0 Å². The van der Waals surface area contributed by atoms with Crippen molar-refractivity contribution >= 4 is 21.7 Å². The minimum absolute atomic E-state index is 0.0795. The van der Waals surface area contributed by atoms with E-state index in [1.165, 1.54) is 4.90 Å². The lowest BCUT2D eigenvalue weighted by Crippen LogP contribution is -2.52. The minimum Gasteiger partial charge on any atom is -0.481 e. The quantitative estimate of drug-likeness (QED) is 0.680. The van der Waals surface area contributed by atoms with Gasteiger partial charge < -0.3 is 15.7 Å². The first-order chi connectivity index (χ1) is 9.25. The molecule has 0 aromatic rings. The second kappa shape index (κ2) is 7.03. The van der Waals surface area contributed by atoms with Crippen LogP contribution in [0.1, 0.15) is 26.2 Å². The van der Waals surface area contributed by atoms with Crippen LogP contribution in [0.2, 0.25) is 0 Å². The van der Waals surface area contributed by atoms with Gasteiger partial charge in [0.15, 0.2) is 9.84 Å². The van der Waals surface area contributed by atoms with Gasteiger partial charge in [0, 0.05) is 13.0 Å². The van der Waals surface area contributed by atoms with Crippen molar-refractivity contribution in [2.24, 2.45) is 11.7 Å². The highest BCUT2D eigenvalue weighted by Gasteiger charge is 2.35. The van der Waals surface area contributed by atoms with Crippen LogP contribution in [0.5, 0.6) is 0 Å². The number of nitrogens with two attached hydrogens (primary N) is 1. The van der Waals surface area contributed by atoms with E-state index >= 15 is 0 Å². The van der Waals surface area contributed by atoms with Crippen molar-refractivity contribution in [3.05, 3.63) is 0 Å². The number of nitrogens with zero attached hydrogens (tertiary/aromatic N) is 1. The summed E-state index contributed by atoms with van der Waals surface area (Å²) in [6, 6.07) is -0.757. The molecule has 0 aromatic carbocycles. The molecule has 7 nitrogen and oxygen atoms in total. The summed E-state index contributed by atoms with van der Waals surface area (Å²) in [4.78, 5) is 24.3. The van der Waals surface area contributed by atoms with E-state index in [0.29, 0.717) is 13.0 Å². The fourth-order valence-corrected chi connectivity index (χ4v) is 3.74. The molecule has 0 bridgehead atoms. The average Bonchev–Trinajstić information content (AvgIpc) is 2.33. The standard InChI is InChI=1S/C12H22N2O5S/c1-9(7-13)2-3-11(15)14-4-5-20(18,19)8-10(14)6-12(16)17/h9-10H,2-8,13H2,1H3,(H,16,17). The van der Waals surface area contributed by atoms with Crippen LogP contribution >= 0.6 is 0 Å². The lowest BCUT2D eigenvalue weighted by atomic mass is 10.0. The highest BCUT2D eigenvalue weighted by molar-refractivity contribution is 7.91. The molecule has 1 rings (SSSR count). The number of rotatable bonds is 6. The second-order valence-corrected chi connectivity index (χ2v) is 7.56. The summed E-state index contributed by atoms with van der Waals surface area (Å²) in [5.74, 6) is -1.43. The van der Waals surface area contributed by atoms with Crippen molar-refractivity contribution in [2.75, 3.05) is 24.6 Å². The lowest BCUT2D eigenvalue weighted by Gasteiger charge is -2.35. The van der Waals surface area contributed by atoms with E-state index in [1.807, 2.05) is 6.92 Å². The number of aliphatic carboxylic acids is 1. The van der Waals surface area contributed by atoms with Crippen LogP contribution in [0.25, 0.3) is 0 Å². The molecule has 1 amide bonds.